The van der Waals surface area contributed by atoms with Crippen LogP contribution in [0, 0.1) is 6.92 Å². The number of fused-ring (bicyclic) bond motifs is 1. The number of rotatable bonds is 4. The van der Waals surface area contributed by atoms with E-state index in [1.54, 1.807) is 17.7 Å². The molecule has 132 valence electrons. The van der Waals surface area contributed by atoms with Crippen LogP contribution in [0.15, 0.2) is 11.3 Å². The van der Waals surface area contributed by atoms with Gasteiger partial charge in [-0.05, 0) is 0 Å². The average molecular weight is 421 g/mol. The molecule has 3 heterocycles. The van der Waals surface area contributed by atoms with Gasteiger partial charge >= 0.3 is 157 Å². The Morgan fingerprint density at radius 1 is 1.36 bits per heavy atom. The molecule has 0 saturated heterocycles. The Labute approximate surface area is 157 Å². The van der Waals surface area contributed by atoms with Crippen LogP contribution >= 0.6 is 11.3 Å². The monoisotopic (exact) mass is 422 g/mol. The third-order valence-corrected chi connectivity index (χ3v) is 7.35. The fourth-order valence-electron chi connectivity index (χ4n) is 2.96. The molecule has 1 amide bonds. The van der Waals surface area contributed by atoms with Gasteiger partial charge in [0.2, 0.25) is 0 Å². The van der Waals surface area contributed by atoms with Gasteiger partial charge in [0.15, 0.2) is 0 Å². The van der Waals surface area contributed by atoms with Gasteiger partial charge in [0.1, 0.15) is 0 Å². The van der Waals surface area contributed by atoms with Crippen molar-refractivity contribution in [3.8, 4) is 0 Å². The van der Waals surface area contributed by atoms with E-state index in [1.165, 1.54) is 10.4 Å². The minimum absolute atomic E-state index is 0.0545. The summed E-state index contributed by atoms with van der Waals surface area (Å²) in [5, 5.41) is 4.49. The number of amides is 1. The van der Waals surface area contributed by atoms with Crippen LogP contribution in [-0.4, -0.2) is 30.4 Å². The number of carbonyl (C=O) groups excluding carboxylic acids is 1. The van der Waals surface area contributed by atoms with Crippen LogP contribution in [0.3, 0.4) is 0 Å². The van der Waals surface area contributed by atoms with Crippen molar-refractivity contribution in [1.82, 2.24) is 9.97 Å². The van der Waals surface area contributed by atoms with E-state index in [1.807, 2.05) is 0 Å². The first-order chi connectivity index (χ1) is 11.7. The standard InChI is InChI=1S/C18H22N4OSSe/c1-6-10-9(2)24-17-12(10)16(20-8-21-17)22-13-11(18(3,4)5)7-25-14(13)15(19)23/h7-8H,6H2,1-5H3,(H2,19,23)(H,20,21,22). The molecule has 3 aromatic rings. The maximum atomic E-state index is 11.9. The molecule has 0 spiro atoms. The first-order valence-corrected chi connectivity index (χ1v) is 10.8. The zero-order chi connectivity index (χ0) is 18.4. The van der Waals surface area contributed by atoms with Crippen molar-refractivity contribution >= 4 is 53.5 Å². The second-order valence-electron chi connectivity index (χ2n) is 6.99. The summed E-state index contributed by atoms with van der Waals surface area (Å²) in [4.78, 5) is 25.2. The number of aryl methyl sites for hydroxylation is 2. The molecule has 3 aromatic heterocycles. The van der Waals surface area contributed by atoms with E-state index in [2.05, 4.69) is 54.8 Å². The van der Waals surface area contributed by atoms with Gasteiger partial charge in [-0.3, -0.25) is 0 Å². The Hall–Kier alpha value is -1.69. The van der Waals surface area contributed by atoms with Gasteiger partial charge in [0, 0.05) is 0 Å². The number of nitrogens with two attached hydrogens (primary N) is 1. The predicted octanol–water partition coefficient (Wildman–Crippen LogP) is 3.76. The normalized spacial score (nSPS) is 11.9. The number of hydrogen-bond donors (Lipinski definition) is 2. The number of anilines is 2. The van der Waals surface area contributed by atoms with Crippen LogP contribution in [0.2, 0.25) is 0 Å². The Morgan fingerprint density at radius 2 is 2.08 bits per heavy atom. The summed E-state index contributed by atoms with van der Waals surface area (Å²) in [6.07, 6.45) is 2.49. The van der Waals surface area contributed by atoms with Crippen molar-refractivity contribution < 1.29 is 4.79 Å². The molecule has 0 aliphatic heterocycles. The van der Waals surface area contributed by atoms with Crippen LogP contribution in [0.4, 0.5) is 11.5 Å². The third-order valence-electron chi connectivity index (χ3n) is 4.21. The molecule has 0 aliphatic rings. The van der Waals surface area contributed by atoms with Gasteiger partial charge in [-0.15, -0.1) is 0 Å². The second kappa shape index (κ2) is 6.56. The Bertz CT molecular complexity index is 952. The molecule has 0 aromatic carbocycles. The fraction of sp³-hybridized carbons (Fsp3) is 0.389. The number of nitrogens with one attached hydrogen (secondary N) is 1. The molecule has 0 saturated carbocycles. The summed E-state index contributed by atoms with van der Waals surface area (Å²) in [6, 6.07) is 0. The van der Waals surface area contributed by atoms with E-state index >= 15 is 0 Å². The summed E-state index contributed by atoms with van der Waals surface area (Å²) in [5.41, 5.74) is 8.76. The van der Waals surface area contributed by atoms with Crippen molar-refractivity contribution in [3.05, 3.63) is 31.7 Å². The predicted molar refractivity (Wildman–Crippen MR) is 105 cm³/mol. The second-order valence-corrected chi connectivity index (χ2v) is 10.0. The quantitative estimate of drug-likeness (QED) is 0.629. The van der Waals surface area contributed by atoms with E-state index in [9.17, 15) is 4.79 Å². The molecular weight excluding hydrogens is 399 g/mol. The molecule has 0 atom stereocenters. The van der Waals surface area contributed by atoms with Crippen LogP contribution in [0.25, 0.3) is 10.2 Å². The first-order valence-electron chi connectivity index (χ1n) is 8.15. The third kappa shape index (κ3) is 3.24. The van der Waals surface area contributed by atoms with Crippen molar-refractivity contribution in [1.29, 1.82) is 0 Å². The van der Waals surface area contributed by atoms with Gasteiger partial charge < -0.3 is 0 Å². The van der Waals surface area contributed by atoms with Crippen LogP contribution < -0.4 is 11.1 Å². The molecule has 25 heavy (non-hydrogen) atoms. The van der Waals surface area contributed by atoms with Gasteiger partial charge in [0.25, 0.3) is 0 Å². The number of thiophene rings is 1. The van der Waals surface area contributed by atoms with Crippen molar-refractivity contribution in [2.45, 2.75) is 46.5 Å². The molecule has 5 nitrogen and oxygen atoms in total. The molecule has 3 N–H and O–H groups in total. The number of carbonyl (C=O) groups is 1. The topological polar surface area (TPSA) is 80.9 Å². The molecule has 0 aliphatic carbocycles. The molecule has 0 radical (unpaired) electrons. The van der Waals surface area contributed by atoms with E-state index in [-0.39, 0.29) is 25.8 Å². The number of hydrogen-bond acceptors (Lipinski definition) is 5. The molecule has 0 unspecified atom stereocenters. The minimum atomic E-state index is -0.361. The Balaban J connectivity index is 2.20. The van der Waals surface area contributed by atoms with Crippen molar-refractivity contribution in [3.63, 3.8) is 0 Å². The van der Waals surface area contributed by atoms with E-state index < -0.39 is 0 Å². The van der Waals surface area contributed by atoms with E-state index in [4.69, 9.17) is 5.73 Å². The van der Waals surface area contributed by atoms with Gasteiger partial charge in [-0.25, -0.2) is 0 Å². The van der Waals surface area contributed by atoms with Gasteiger partial charge in [0.05, 0.1) is 0 Å². The van der Waals surface area contributed by atoms with Crippen LogP contribution in [-0.2, 0) is 11.8 Å². The maximum absolute atomic E-state index is 11.9. The van der Waals surface area contributed by atoms with Gasteiger partial charge in [-0.2, -0.15) is 0 Å². The SMILES string of the molecule is CCc1c(C)sc2ncnc(Nc3c(C(C)(C)C)c[se]c3C(N)=O)c12. The molecular formula is C18H22N4OSSe. The summed E-state index contributed by atoms with van der Waals surface area (Å²) < 4.78 is 0.675. The van der Waals surface area contributed by atoms with Crippen molar-refractivity contribution in [2.75, 3.05) is 5.32 Å². The van der Waals surface area contributed by atoms with Crippen molar-refractivity contribution in [2.24, 2.45) is 5.73 Å². The summed E-state index contributed by atoms with van der Waals surface area (Å²) in [5.74, 6) is 0.397. The fourth-order valence-corrected chi connectivity index (χ4v) is 6.35. The van der Waals surface area contributed by atoms with Crippen LogP contribution in [0.5, 0.6) is 0 Å². The Morgan fingerprint density at radius 3 is 2.68 bits per heavy atom. The number of primary amides is 1. The first kappa shape index (κ1) is 18.1. The summed E-state index contributed by atoms with van der Waals surface area (Å²) >= 11 is 1.62. The number of aromatic nitrogens is 2. The summed E-state index contributed by atoms with van der Waals surface area (Å²) in [6.45, 7) is 10.7. The average Bonchev–Trinajstić information content (AvgIpc) is 3.07. The Kier molecular flexibility index (Phi) is 4.75. The van der Waals surface area contributed by atoms with Gasteiger partial charge in [-0.1, -0.05) is 0 Å². The molecule has 3 rings (SSSR count). The molecule has 0 bridgehead atoms. The van der Waals surface area contributed by atoms with Crippen LogP contribution in [0.1, 0.15) is 52.9 Å². The molecule has 7 heteroatoms. The van der Waals surface area contributed by atoms with E-state index in [0.29, 0.717) is 4.44 Å². The molecule has 0 fully saturated rings. The number of nitrogens with zero attached hydrogens (tertiary/aromatic N) is 2. The zero-order valence-electron chi connectivity index (χ0n) is 15.1. The zero-order valence-corrected chi connectivity index (χ0v) is 17.6. The van der Waals surface area contributed by atoms with E-state index in [0.717, 1.165) is 33.7 Å². The summed E-state index contributed by atoms with van der Waals surface area (Å²) in [7, 11) is 0.